The first-order valence-corrected chi connectivity index (χ1v) is 4.71. The van der Waals surface area contributed by atoms with E-state index in [-0.39, 0.29) is 6.42 Å². The van der Waals surface area contributed by atoms with Gasteiger partial charge in [-0.2, -0.15) is 0 Å². The van der Waals surface area contributed by atoms with E-state index < -0.39 is 18.1 Å². The summed E-state index contributed by atoms with van der Waals surface area (Å²) in [6.07, 6.45) is -2.78. The summed E-state index contributed by atoms with van der Waals surface area (Å²) in [4.78, 5) is 10.6. The number of aliphatic hydroxyl groups is 2. The molecule has 0 heterocycles. The Morgan fingerprint density at radius 2 is 1.88 bits per heavy atom. The average Bonchev–Trinajstić information content (AvgIpc) is 2.20. The summed E-state index contributed by atoms with van der Waals surface area (Å²) in [5, 5.41) is 19.2. The van der Waals surface area contributed by atoms with E-state index in [4.69, 9.17) is 17.2 Å². The molecular formula is C10H15N3O3. The van der Waals surface area contributed by atoms with E-state index in [1.165, 1.54) is 18.2 Å². The van der Waals surface area contributed by atoms with Gasteiger partial charge in [0, 0.05) is 0 Å². The van der Waals surface area contributed by atoms with E-state index in [1.807, 2.05) is 0 Å². The van der Waals surface area contributed by atoms with Gasteiger partial charge in [-0.15, -0.1) is 0 Å². The van der Waals surface area contributed by atoms with Crippen LogP contribution < -0.4 is 17.2 Å². The normalized spacial score (nSPS) is 14.4. The fourth-order valence-corrected chi connectivity index (χ4v) is 1.32. The van der Waals surface area contributed by atoms with E-state index in [0.717, 1.165) is 0 Å². The van der Waals surface area contributed by atoms with Crippen LogP contribution in [-0.2, 0) is 4.79 Å². The molecule has 2 atom stereocenters. The molecular weight excluding hydrogens is 210 g/mol. The molecule has 6 heteroatoms. The maximum absolute atomic E-state index is 10.6. The lowest BCUT2D eigenvalue weighted by Crippen LogP contribution is -2.25. The van der Waals surface area contributed by atoms with E-state index in [1.54, 1.807) is 0 Å². The van der Waals surface area contributed by atoms with Crippen LogP contribution in [-0.4, -0.2) is 22.2 Å². The molecule has 0 aromatic heterocycles. The van der Waals surface area contributed by atoms with E-state index in [2.05, 4.69) is 0 Å². The number of hydrogen-bond donors (Lipinski definition) is 5. The second-order valence-electron chi connectivity index (χ2n) is 3.57. The fraction of sp³-hybridized carbons (Fsp3) is 0.300. The molecule has 0 saturated carbocycles. The van der Waals surface area contributed by atoms with Crippen molar-refractivity contribution in [3.05, 3.63) is 23.8 Å². The Morgan fingerprint density at radius 1 is 1.25 bits per heavy atom. The van der Waals surface area contributed by atoms with Crippen LogP contribution in [0.15, 0.2) is 18.2 Å². The fourth-order valence-electron chi connectivity index (χ4n) is 1.32. The van der Waals surface area contributed by atoms with E-state index >= 15 is 0 Å². The lowest BCUT2D eigenvalue weighted by molar-refractivity contribution is -0.121. The van der Waals surface area contributed by atoms with Crippen molar-refractivity contribution in [2.75, 3.05) is 11.5 Å². The van der Waals surface area contributed by atoms with Crippen LogP contribution in [0.3, 0.4) is 0 Å². The Labute approximate surface area is 92.7 Å². The summed E-state index contributed by atoms with van der Waals surface area (Å²) >= 11 is 0. The molecule has 0 saturated heterocycles. The first-order chi connectivity index (χ1) is 7.41. The minimum absolute atomic E-state index is 0.308. The third-order valence-corrected chi connectivity index (χ3v) is 2.23. The molecule has 0 aliphatic rings. The monoisotopic (exact) mass is 225 g/mol. The molecule has 6 nitrogen and oxygen atoms in total. The second kappa shape index (κ2) is 4.82. The first kappa shape index (κ1) is 12.3. The van der Waals surface area contributed by atoms with E-state index in [0.29, 0.717) is 16.9 Å². The van der Waals surface area contributed by atoms with Crippen LogP contribution in [0.5, 0.6) is 0 Å². The van der Waals surface area contributed by atoms with Gasteiger partial charge in [0.1, 0.15) is 6.10 Å². The predicted octanol–water partition coefficient (Wildman–Crippen LogP) is -0.879. The minimum atomic E-state index is -1.25. The molecule has 1 rings (SSSR count). The Hall–Kier alpha value is -1.79. The zero-order valence-corrected chi connectivity index (χ0v) is 8.63. The summed E-state index contributed by atoms with van der Waals surface area (Å²) in [6.45, 7) is 0. The van der Waals surface area contributed by atoms with Gasteiger partial charge in [0.15, 0.2) is 0 Å². The van der Waals surface area contributed by atoms with Crippen LogP contribution in [0.4, 0.5) is 11.4 Å². The zero-order valence-electron chi connectivity index (χ0n) is 8.63. The van der Waals surface area contributed by atoms with Crippen molar-refractivity contribution in [3.8, 4) is 0 Å². The standard InChI is InChI=1S/C10H15N3O3/c11-6-2-1-5(3-7(6)12)10(16)8(14)4-9(13)15/h1-3,8,10,14,16H,4,11-12H2,(H2,13,15). The maximum atomic E-state index is 10.6. The van der Waals surface area contributed by atoms with Gasteiger partial charge < -0.3 is 27.4 Å². The number of amides is 1. The quantitative estimate of drug-likeness (QED) is 0.424. The van der Waals surface area contributed by atoms with Crippen LogP contribution in [0.2, 0.25) is 0 Å². The molecule has 2 unspecified atom stereocenters. The Bertz CT molecular complexity index is 395. The van der Waals surface area contributed by atoms with Crippen molar-refractivity contribution in [2.24, 2.45) is 5.73 Å². The Balaban J connectivity index is 2.83. The summed E-state index contributed by atoms with van der Waals surface area (Å²) in [5.41, 5.74) is 17.0. The van der Waals surface area contributed by atoms with Gasteiger partial charge in [0.2, 0.25) is 5.91 Å². The van der Waals surface area contributed by atoms with Crippen LogP contribution in [0.25, 0.3) is 0 Å². The number of nitrogen functional groups attached to an aromatic ring is 2. The van der Waals surface area contributed by atoms with Crippen molar-refractivity contribution in [1.29, 1.82) is 0 Å². The van der Waals surface area contributed by atoms with Gasteiger partial charge in [0.05, 0.1) is 23.9 Å². The Morgan fingerprint density at radius 3 is 2.38 bits per heavy atom. The highest BCUT2D eigenvalue weighted by molar-refractivity contribution is 5.74. The Kier molecular flexibility index (Phi) is 3.70. The number of rotatable bonds is 4. The SMILES string of the molecule is NC(=O)CC(O)C(O)c1ccc(N)c(N)c1. The van der Waals surface area contributed by atoms with E-state index in [9.17, 15) is 15.0 Å². The van der Waals surface area contributed by atoms with Gasteiger partial charge in [-0.1, -0.05) is 6.07 Å². The number of carbonyl (C=O) groups is 1. The van der Waals surface area contributed by atoms with Crippen molar-refractivity contribution in [3.63, 3.8) is 0 Å². The van der Waals surface area contributed by atoms with Gasteiger partial charge in [-0.3, -0.25) is 4.79 Å². The molecule has 1 aromatic carbocycles. The molecule has 1 amide bonds. The molecule has 0 fully saturated rings. The van der Waals surface area contributed by atoms with Crippen LogP contribution in [0, 0.1) is 0 Å². The molecule has 0 aliphatic carbocycles. The zero-order chi connectivity index (χ0) is 12.3. The van der Waals surface area contributed by atoms with Gasteiger partial charge in [-0.05, 0) is 17.7 Å². The molecule has 0 radical (unpaired) electrons. The molecule has 88 valence electrons. The molecule has 8 N–H and O–H groups in total. The highest BCUT2D eigenvalue weighted by atomic mass is 16.3. The average molecular weight is 225 g/mol. The lowest BCUT2D eigenvalue weighted by atomic mass is 10.0. The molecule has 0 bridgehead atoms. The number of anilines is 2. The number of benzene rings is 1. The van der Waals surface area contributed by atoms with Crippen LogP contribution in [0.1, 0.15) is 18.1 Å². The van der Waals surface area contributed by atoms with Crippen molar-refractivity contribution in [2.45, 2.75) is 18.6 Å². The smallest absolute Gasteiger partial charge is 0.220 e. The summed E-state index contributed by atoms with van der Waals surface area (Å²) < 4.78 is 0. The van der Waals surface area contributed by atoms with Crippen molar-refractivity contribution >= 4 is 17.3 Å². The molecule has 1 aromatic rings. The molecule has 16 heavy (non-hydrogen) atoms. The first-order valence-electron chi connectivity index (χ1n) is 4.71. The number of carbonyl (C=O) groups excluding carboxylic acids is 1. The largest absolute Gasteiger partial charge is 0.397 e. The number of hydrogen-bond acceptors (Lipinski definition) is 5. The topological polar surface area (TPSA) is 136 Å². The summed E-state index contributed by atoms with van der Waals surface area (Å²) in [5.74, 6) is -0.685. The summed E-state index contributed by atoms with van der Waals surface area (Å²) in [7, 11) is 0. The van der Waals surface area contributed by atoms with Gasteiger partial charge >= 0.3 is 0 Å². The van der Waals surface area contributed by atoms with Gasteiger partial charge in [-0.25, -0.2) is 0 Å². The van der Waals surface area contributed by atoms with Crippen LogP contribution >= 0.6 is 0 Å². The molecule has 0 aliphatic heterocycles. The highest BCUT2D eigenvalue weighted by Gasteiger charge is 2.20. The third kappa shape index (κ3) is 2.85. The number of primary amides is 1. The number of aliphatic hydroxyl groups excluding tert-OH is 2. The number of nitrogens with two attached hydrogens (primary N) is 3. The second-order valence-corrected chi connectivity index (χ2v) is 3.57. The minimum Gasteiger partial charge on any atom is -0.397 e. The maximum Gasteiger partial charge on any atom is 0.220 e. The summed E-state index contributed by atoms with van der Waals surface area (Å²) in [6, 6.07) is 4.50. The predicted molar refractivity (Wildman–Crippen MR) is 60.0 cm³/mol. The van der Waals surface area contributed by atoms with Gasteiger partial charge in [0.25, 0.3) is 0 Å². The lowest BCUT2D eigenvalue weighted by Gasteiger charge is -2.17. The van der Waals surface area contributed by atoms with Crippen molar-refractivity contribution < 1.29 is 15.0 Å². The highest BCUT2D eigenvalue weighted by Crippen LogP contribution is 2.24. The third-order valence-electron chi connectivity index (χ3n) is 2.23. The van der Waals surface area contributed by atoms with Crippen molar-refractivity contribution in [1.82, 2.24) is 0 Å². The molecule has 0 spiro atoms.